The van der Waals surface area contributed by atoms with Gasteiger partial charge in [0.1, 0.15) is 0 Å². The van der Waals surface area contributed by atoms with Crippen LogP contribution in [0, 0.1) is 0 Å². The van der Waals surface area contributed by atoms with Crippen molar-refractivity contribution in [1.82, 2.24) is 9.13 Å². The van der Waals surface area contributed by atoms with Gasteiger partial charge in [-0.25, -0.2) is 0 Å². The van der Waals surface area contributed by atoms with E-state index in [1.807, 2.05) is 11.3 Å². The first-order chi connectivity index (χ1) is 16.8. The number of thiophene rings is 1. The Kier molecular flexibility index (Phi) is 3.51. The van der Waals surface area contributed by atoms with Gasteiger partial charge in [-0.05, 0) is 48.5 Å². The van der Waals surface area contributed by atoms with E-state index in [-0.39, 0.29) is 0 Å². The summed E-state index contributed by atoms with van der Waals surface area (Å²) in [7, 11) is 2.20. The predicted molar refractivity (Wildman–Crippen MR) is 148 cm³/mol. The maximum absolute atomic E-state index is 2.40. The van der Waals surface area contributed by atoms with Gasteiger partial charge in [0, 0.05) is 65.5 Å². The number of aryl methyl sites for hydroxylation is 1. The lowest BCUT2D eigenvalue weighted by Crippen LogP contribution is -1.93. The smallest absolute Gasteiger partial charge is 0.0548 e. The molecule has 0 spiro atoms. The molecule has 0 amide bonds. The monoisotopic (exact) mass is 452 g/mol. The highest BCUT2D eigenvalue weighted by atomic mass is 32.1. The summed E-state index contributed by atoms with van der Waals surface area (Å²) in [5.74, 6) is 0. The van der Waals surface area contributed by atoms with Crippen LogP contribution in [-0.2, 0) is 7.05 Å². The SMILES string of the molecule is Cn1c2cc3c(cc2c2cc4c(cc21)c1ccccc1n4-c1ccccc1)sc1ccccc13. The Bertz CT molecular complexity index is 2070. The molecule has 2 nitrogen and oxygen atoms in total. The molecule has 8 aromatic rings. The van der Waals surface area contributed by atoms with Gasteiger partial charge in [0.05, 0.1) is 11.0 Å². The third-order valence-electron chi connectivity index (χ3n) is 7.31. The molecule has 160 valence electrons. The number of nitrogens with zero attached hydrogens (tertiary/aromatic N) is 2. The molecular formula is C31H20N2S. The van der Waals surface area contributed by atoms with Crippen molar-refractivity contribution < 1.29 is 0 Å². The quantitative estimate of drug-likeness (QED) is 0.235. The summed E-state index contributed by atoms with van der Waals surface area (Å²) in [6.45, 7) is 0. The summed E-state index contributed by atoms with van der Waals surface area (Å²) in [4.78, 5) is 0. The highest BCUT2D eigenvalue weighted by Gasteiger charge is 2.17. The third-order valence-corrected chi connectivity index (χ3v) is 8.45. The minimum absolute atomic E-state index is 1.19. The van der Waals surface area contributed by atoms with Gasteiger partial charge in [-0.1, -0.05) is 54.6 Å². The molecule has 0 saturated heterocycles. The van der Waals surface area contributed by atoms with E-state index in [0.29, 0.717) is 0 Å². The Balaban J connectivity index is 1.56. The minimum Gasteiger partial charge on any atom is -0.344 e. The molecule has 0 radical (unpaired) electrons. The van der Waals surface area contributed by atoms with Crippen LogP contribution >= 0.6 is 11.3 Å². The molecule has 0 N–H and O–H groups in total. The highest BCUT2D eigenvalue weighted by molar-refractivity contribution is 7.25. The summed E-state index contributed by atoms with van der Waals surface area (Å²) in [5.41, 5.74) is 6.26. The van der Waals surface area contributed by atoms with Crippen LogP contribution in [0.25, 0.3) is 69.5 Å². The number of fused-ring (bicyclic) bond motifs is 9. The van der Waals surface area contributed by atoms with Crippen LogP contribution in [0.2, 0.25) is 0 Å². The van der Waals surface area contributed by atoms with Crippen LogP contribution in [0.3, 0.4) is 0 Å². The fourth-order valence-corrected chi connectivity index (χ4v) is 6.86. The third kappa shape index (κ3) is 2.29. The number of benzene rings is 5. The molecule has 3 aromatic heterocycles. The molecule has 8 rings (SSSR count). The summed E-state index contributed by atoms with van der Waals surface area (Å²) < 4.78 is 7.47. The molecule has 0 aliphatic rings. The second-order valence-corrected chi connectivity index (χ2v) is 10.2. The average molecular weight is 453 g/mol. The fraction of sp³-hybridized carbons (Fsp3) is 0.0323. The van der Waals surface area contributed by atoms with Gasteiger partial charge in [-0.3, -0.25) is 0 Å². The van der Waals surface area contributed by atoms with E-state index < -0.39 is 0 Å². The van der Waals surface area contributed by atoms with Crippen LogP contribution in [0.15, 0.2) is 103 Å². The van der Waals surface area contributed by atoms with Crippen LogP contribution in [0.4, 0.5) is 0 Å². The van der Waals surface area contributed by atoms with Gasteiger partial charge in [0.2, 0.25) is 0 Å². The van der Waals surface area contributed by atoms with Crippen molar-refractivity contribution in [2.45, 2.75) is 0 Å². The highest BCUT2D eigenvalue weighted by Crippen LogP contribution is 2.41. The van der Waals surface area contributed by atoms with E-state index in [4.69, 9.17) is 0 Å². The Morgan fingerprint density at radius 3 is 1.94 bits per heavy atom. The standard InChI is InChI=1S/C31H20N2S/c1-32-27-15-22-20-11-5-7-13-26(20)33(19-9-3-2-4-10-19)29(22)16-23(27)24-18-31-25(17-28(24)32)21-12-6-8-14-30(21)34-31/h2-18H,1H3. The van der Waals surface area contributed by atoms with Crippen molar-refractivity contribution in [3.05, 3.63) is 103 Å². The number of aromatic nitrogens is 2. The average Bonchev–Trinajstić information content (AvgIpc) is 3.50. The molecule has 0 atom stereocenters. The molecule has 5 aromatic carbocycles. The number of rotatable bonds is 1. The lowest BCUT2D eigenvalue weighted by molar-refractivity contribution is 1.02. The number of para-hydroxylation sites is 2. The van der Waals surface area contributed by atoms with E-state index in [9.17, 15) is 0 Å². The molecule has 3 heterocycles. The van der Waals surface area contributed by atoms with Crippen molar-refractivity contribution in [1.29, 1.82) is 0 Å². The van der Waals surface area contributed by atoms with Crippen LogP contribution in [0.1, 0.15) is 0 Å². The summed E-state index contributed by atoms with van der Waals surface area (Å²) in [5, 5.41) is 7.92. The molecule has 3 heteroatoms. The number of hydrogen-bond acceptors (Lipinski definition) is 1. The number of hydrogen-bond donors (Lipinski definition) is 0. The Morgan fingerprint density at radius 2 is 1.09 bits per heavy atom. The normalized spacial score (nSPS) is 12.3. The van der Waals surface area contributed by atoms with Crippen molar-refractivity contribution in [2.75, 3.05) is 0 Å². The Hall–Kier alpha value is -4.08. The zero-order valence-corrected chi connectivity index (χ0v) is 19.4. The van der Waals surface area contributed by atoms with Gasteiger partial charge in [-0.2, -0.15) is 0 Å². The zero-order valence-electron chi connectivity index (χ0n) is 18.6. The molecule has 34 heavy (non-hydrogen) atoms. The van der Waals surface area contributed by atoms with Gasteiger partial charge < -0.3 is 9.13 Å². The lowest BCUT2D eigenvalue weighted by atomic mass is 10.1. The molecule has 0 unspecified atom stereocenters. The maximum atomic E-state index is 2.40. The van der Waals surface area contributed by atoms with Crippen LogP contribution < -0.4 is 0 Å². The van der Waals surface area contributed by atoms with Crippen molar-refractivity contribution >= 4 is 75.1 Å². The minimum atomic E-state index is 1.19. The van der Waals surface area contributed by atoms with E-state index in [1.165, 1.54) is 69.5 Å². The first-order valence-corrected chi connectivity index (χ1v) is 12.4. The molecule has 0 bridgehead atoms. The predicted octanol–water partition coefficient (Wildman–Crippen LogP) is 8.80. The second-order valence-electron chi connectivity index (χ2n) is 9.10. The summed E-state index contributed by atoms with van der Waals surface area (Å²) in [6.07, 6.45) is 0. The van der Waals surface area contributed by atoms with E-state index in [0.717, 1.165) is 0 Å². The van der Waals surface area contributed by atoms with E-state index >= 15 is 0 Å². The summed E-state index contributed by atoms with van der Waals surface area (Å²) >= 11 is 1.89. The van der Waals surface area contributed by atoms with E-state index in [1.54, 1.807) is 0 Å². The van der Waals surface area contributed by atoms with Crippen molar-refractivity contribution in [2.24, 2.45) is 7.05 Å². The van der Waals surface area contributed by atoms with Gasteiger partial charge in [-0.15, -0.1) is 11.3 Å². The molecule has 0 aliphatic heterocycles. The van der Waals surface area contributed by atoms with E-state index in [2.05, 4.69) is 119 Å². The fourth-order valence-electron chi connectivity index (χ4n) is 5.74. The Morgan fingerprint density at radius 1 is 0.471 bits per heavy atom. The Labute approximate surface area is 199 Å². The largest absolute Gasteiger partial charge is 0.344 e. The van der Waals surface area contributed by atoms with Crippen molar-refractivity contribution in [3.8, 4) is 5.69 Å². The first kappa shape index (κ1) is 18.4. The lowest BCUT2D eigenvalue weighted by Gasteiger charge is -2.07. The topological polar surface area (TPSA) is 9.86 Å². The second kappa shape index (κ2) is 6.49. The molecule has 0 fully saturated rings. The van der Waals surface area contributed by atoms with Gasteiger partial charge in [0.15, 0.2) is 0 Å². The molecule has 0 aliphatic carbocycles. The first-order valence-electron chi connectivity index (χ1n) is 11.6. The van der Waals surface area contributed by atoms with Crippen molar-refractivity contribution in [3.63, 3.8) is 0 Å². The van der Waals surface area contributed by atoms with Crippen LogP contribution in [0.5, 0.6) is 0 Å². The van der Waals surface area contributed by atoms with Gasteiger partial charge in [0.25, 0.3) is 0 Å². The van der Waals surface area contributed by atoms with Gasteiger partial charge >= 0.3 is 0 Å². The maximum Gasteiger partial charge on any atom is 0.0548 e. The summed E-state index contributed by atoms with van der Waals surface area (Å²) in [6, 6.07) is 37.8. The molecular weight excluding hydrogens is 432 g/mol. The zero-order chi connectivity index (χ0) is 22.4. The molecule has 0 saturated carbocycles. The van der Waals surface area contributed by atoms with Crippen LogP contribution in [-0.4, -0.2) is 9.13 Å².